The lowest BCUT2D eigenvalue weighted by atomic mass is 9.31. The lowest BCUT2D eigenvalue weighted by Crippen LogP contribution is -2.64. The van der Waals surface area contributed by atoms with E-state index in [0.29, 0.717) is 0 Å². The van der Waals surface area contributed by atoms with E-state index in [1.807, 2.05) is 11.8 Å². The summed E-state index contributed by atoms with van der Waals surface area (Å²) in [4.78, 5) is 10.6. The molecule has 0 saturated heterocycles. The van der Waals surface area contributed by atoms with E-state index in [0.717, 1.165) is 5.69 Å². The third kappa shape index (κ3) is 9.00. The molecule has 0 fully saturated rings. The topological polar surface area (TPSA) is 9.72 Å². The van der Waals surface area contributed by atoms with Gasteiger partial charge < -0.3 is 14.7 Å². The number of nitrogens with zero attached hydrogens (tertiary/aromatic N) is 3. The third-order valence-electron chi connectivity index (χ3n) is 21.4. The monoisotopic (exact) mass is 1270 g/mol. The maximum atomic E-state index is 2.69. The highest BCUT2D eigenvalue weighted by Crippen LogP contribution is 2.54. The first-order valence-corrected chi connectivity index (χ1v) is 35.4. The summed E-state index contributed by atoms with van der Waals surface area (Å²) in [7, 11) is 0. The highest BCUT2D eigenvalue weighted by molar-refractivity contribution is 8.00. The molecule has 4 aliphatic heterocycles. The predicted octanol–water partition coefficient (Wildman–Crippen LogP) is 21.3. The highest BCUT2D eigenvalue weighted by atomic mass is 32.2. The van der Waals surface area contributed by atoms with E-state index >= 15 is 0 Å². The molecule has 0 spiro atoms. The Morgan fingerprint density at radius 1 is 0.255 bits per heavy atom. The summed E-state index contributed by atoms with van der Waals surface area (Å²) in [6.07, 6.45) is 0. The molecular weight excluding hydrogens is 1200 g/mol. The number of anilines is 9. The Hall–Kier alpha value is -11.0. The summed E-state index contributed by atoms with van der Waals surface area (Å²) in [6, 6.07) is 118. The van der Waals surface area contributed by atoms with Crippen LogP contribution in [0.4, 0.5) is 51.2 Å². The van der Waals surface area contributed by atoms with E-state index < -0.39 is 0 Å². The zero-order valence-corrected chi connectivity index (χ0v) is 56.7. The molecule has 0 amide bonds. The second kappa shape index (κ2) is 22.3. The smallest absolute Gasteiger partial charge is 0.252 e. The summed E-state index contributed by atoms with van der Waals surface area (Å²) < 4.78 is 0. The second-order valence-corrected chi connectivity index (χ2v) is 30.1. The zero-order valence-electron chi connectivity index (χ0n) is 55.8. The number of fused-ring (bicyclic) bond motifs is 14. The van der Waals surface area contributed by atoms with Gasteiger partial charge in [0.15, 0.2) is 0 Å². The second-order valence-electron chi connectivity index (χ2n) is 29.1. The van der Waals surface area contributed by atoms with E-state index in [2.05, 4.69) is 366 Å². The van der Waals surface area contributed by atoms with Gasteiger partial charge in [-0.05, 0) is 158 Å². The van der Waals surface area contributed by atoms with Crippen LogP contribution >= 0.6 is 11.8 Å². The van der Waals surface area contributed by atoms with Crippen molar-refractivity contribution in [2.75, 3.05) is 14.7 Å². The summed E-state index contributed by atoms with van der Waals surface area (Å²) in [5.74, 6) is 0. The average Bonchev–Trinajstić information content (AvgIpc) is 0.696. The number of rotatable bonds is 7. The molecule has 0 unspecified atom stereocenters. The van der Waals surface area contributed by atoms with E-state index in [4.69, 9.17) is 0 Å². The predicted molar refractivity (Wildman–Crippen MR) is 422 cm³/mol. The van der Waals surface area contributed by atoms with Crippen LogP contribution in [0.15, 0.2) is 319 Å². The number of para-hydroxylation sites is 4. The van der Waals surface area contributed by atoms with Crippen LogP contribution < -0.4 is 47.5 Å². The zero-order chi connectivity index (χ0) is 65.7. The van der Waals surface area contributed by atoms with Crippen molar-refractivity contribution in [1.29, 1.82) is 0 Å². The molecule has 0 saturated carbocycles. The Labute approximate surface area is 579 Å². The Morgan fingerprint density at radius 3 is 1.09 bits per heavy atom. The van der Waals surface area contributed by atoms with E-state index in [1.165, 1.54) is 176 Å². The lowest BCUT2D eigenvalue weighted by Gasteiger charge is -2.47. The summed E-state index contributed by atoms with van der Waals surface area (Å²) in [6.45, 7) is 14.1. The van der Waals surface area contributed by atoms with Gasteiger partial charge in [-0.3, -0.25) is 0 Å². The van der Waals surface area contributed by atoms with E-state index in [9.17, 15) is 0 Å². The number of hydrogen-bond acceptors (Lipinski definition) is 4. The fourth-order valence-corrected chi connectivity index (χ4v) is 18.0. The van der Waals surface area contributed by atoms with Gasteiger partial charge in [-0.1, -0.05) is 314 Å². The van der Waals surface area contributed by atoms with Crippen molar-refractivity contribution in [3.05, 3.63) is 321 Å². The van der Waals surface area contributed by atoms with Gasteiger partial charge in [-0.2, -0.15) is 0 Å². The Kier molecular flexibility index (Phi) is 13.2. The first-order chi connectivity index (χ1) is 47.9. The molecular formula is C92H69B2N3S. The van der Waals surface area contributed by atoms with Crippen molar-refractivity contribution < 1.29 is 0 Å². The molecule has 0 bridgehead atoms. The summed E-state index contributed by atoms with van der Waals surface area (Å²) >= 11 is 1.96. The van der Waals surface area contributed by atoms with Crippen molar-refractivity contribution in [2.24, 2.45) is 0 Å². The van der Waals surface area contributed by atoms with Crippen molar-refractivity contribution in [2.45, 2.75) is 62.2 Å². The van der Waals surface area contributed by atoms with E-state index in [1.54, 1.807) is 0 Å². The largest absolute Gasteiger partial charge is 0.311 e. The lowest BCUT2D eigenvalue weighted by molar-refractivity contribution is 0.589. The molecule has 98 heavy (non-hydrogen) atoms. The van der Waals surface area contributed by atoms with Gasteiger partial charge in [0.05, 0.1) is 11.4 Å². The minimum atomic E-state index is -0.237. The van der Waals surface area contributed by atoms with Gasteiger partial charge in [0.2, 0.25) is 6.71 Å². The van der Waals surface area contributed by atoms with Crippen LogP contribution in [-0.2, 0) is 10.8 Å². The van der Waals surface area contributed by atoms with Crippen LogP contribution in [0.5, 0.6) is 0 Å². The van der Waals surface area contributed by atoms with Crippen LogP contribution in [-0.4, -0.2) is 13.4 Å². The van der Waals surface area contributed by atoms with Gasteiger partial charge in [-0.25, -0.2) is 0 Å². The van der Waals surface area contributed by atoms with Crippen molar-refractivity contribution in [1.82, 2.24) is 0 Å². The quantitative estimate of drug-likeness (QED) is 0.116. The first kappa shape index (κ1) is 58.3. The first-order valence-electron chi connectivity index (χ1n) is 34.5. The molecule has 0 atom stereocenters. The van der Waals surface area contributed by atoms with Gasteiger partial charge in [0.25, 0.3) is 6.71 Å². The SMILES string of the molecule is CC(C)(C)c1cc2c3c(c1)N(c1c(-c4ccccc4)cccc1-c1ccccc1)c1ccccc1B3c1cc3c(cc1S2)N(c1ccc2c4ccccc4c4ccccc4c2c1)c1cc(C(C)(C)C)cc2c1B3c1ccccc1N2c1c(-c2ccccc2)cccc1-c1ccccc1. The molecule has 15 aromatic carbocycles. The van der Waals surface area contributed by atoms with Crippen LogP contribution in [0.1, 0.15) is 52.7 Å². The fraction of sp³-hybridized carbons (Fsp3) is 0.0870. The molecule has 0 aromatic heterocycles. The molecule has 0 radical (unpaired) electrons. The Bertz CT molecular complexity index is 5630. The Morgan fingerprint density at radius 2 is 0.633 bits per heavy atom. The molecule has 0 aliphatic carbocycles. The number of hydrogen-bond donors (Lipinski definition) is 0. The highest BCUT2D eigenvalue weighted by Gasteiger charge is 2.49. The summed E-state index contributed by atoms with van der Waals surface area (Å²) in [5, 5.41) is 7.56. The minimum absolute atomic E-state index is 0.0912. The van der Waals surface area contributed by atoms with Gasteiger partial charge in [-0.15, -0.1) is 0 Å². The fourth-order valence-electron chi connectivity index (χ4n) is 16.8. The van der Waals surface area contributed by atoms with Crippen LogP contribution in [0.2, 0.25) is 0 Å². The standard InChI is InChI=1S/C92H69B2N3S/c1-91(2,3)62-51-82-87-83(52-62)96(89-65(58-29-11-7-12-30-58)41-27-42-66(89)59-31-13-8-14-32-59)79-47-25-23-45-75(79)93(87)77-56-78-85(57-81(77)95(82)64-49-50-73-71-39-20-19-37-69(71)70-38-21-22-40-72(70)74(73)55-64)98-86-54-63(92(4,5)6)53-84-88(86)94(78)76-46-24-26-48-80(76)97(84)90-67(60-33-15-9-16-34-60)43-28-44-68(90)61-35-17-10-18-36-61/h7-57H,1-6H3. The summed E-state index contributed by atoms with van der Waals surface area (Å²) in [5.41, 5.74) is 30.2. The van der Waals surface area contributed by atoms with Gasteiger partial charge in [0, 0.05) is 71.9 Å². The molecule has 19 rings (SSSR count). The minimum Gasteiger partial charge on any atom is -0.311 e. The molecule has 15 aromatic rings. The van der Waals surface area contributed by atoms with Crippen molar-refractivity contribution in [3.8, 4) is 44.5 Å². The number of benzene rings is 15. The average molecular weight is 1270 g/mol. The molecule has 6 heteroatoms. The van der Waals surface area contributed by atoms with Gasteiger partial charge in [0.1, 0.15) is 0 Å². The molecule has 4 heterocycles. The van der Waals surface area contributed by atoms with Crippen LogP contribution in [0, 0.1) is 0 Å². The Balaban J connectivity index is 0.919. The molecule has 464 valence electrons. The van der Waals surface area contributed by atoms with Gasteiger partial charge >= 0.3 is 0 Å². The van der Waals surface area contributed by atoms with Crippen LogP contribution in [0.3, 0.4) is 0 Å². The van der Waals surface area contributed by atoms with Crippen molar-refractivity contribution >= 4 is 141 Å². The van der Waals surface area contributed by atoms with E-state index in [-0.39, 0.29) is 24.3 Å². The molecule has 3 nitrogen and oxygen atoms in total. The van der Waals surface area contributed by atoms with Crippen LogP contribution in [0.25, 0.3) is 76.8 Å². The molecule has 4 aliphatic rings. The normalized spacial score (nSPS) is 13.5. The molecule has 0 N–H and O–H groups in total. The maximum Gasteiger partial charge on any atom is 0.252 e. The third-order valence-corrected chi connectivity index (χ3v) is 22.5. The maximum absolute atomic E-state index is 2.69. The van der Waals surface area contributed by atoms with Crippen molar-refractivity contribution in [3.63, 3.8) is 0 Å².